The molecule has 0 aliphatic carbocycles. The average Bonchev–Trinajstić information content (AvgIpc) is 2.81. The van der Waals surface area contributed by atoms with Gasteiger partial charge in [-0.15, -0.1) is 0 Å². The van der Waals surface area contributed by atoms with E-state index in [1.54, 1.807) is 0 Å². The molecule has 0 aromatic heterocycles. The van der Waals surface area contributed by atoms with Gasteiger partial charge in [0.25, 0.3) is 0 Å². The van der Waals surface area contributed by atoms with E-state index in [0.717, 1.165) is 43.0 Å². The Hall–Kier alpha value is -2.95. The Labute approximate surface area is 187 Å². The normalized spacial score (nSPS) is 15.2. The SMILES string of the molecule is O=C(/C(=C/c1ccc(Cl)cc1)CN1CCN(c2ccc(F)cc2)CC1)c1ccccc1. The van der Waals surface area contributed by atoms with Crippen LogP contribution in [0.1, 0.15) is 15.9 Å². The zero-order chi connectivity index (χ0) is 21.6. The van der Waals surface area contributed by atoms with Gasteiger partial charge in [0.1, 0.15) is 5.82 Å². The molecule has 0 saturated carbocycles. The van der Waals surface area contributed by atoms with Gasteiger partial charge in [0, 0.05) is 54.6 Å². The quantitative estimate of drug-likeness (QED) is 0.374. The van der Waals surface area contributed by atoms with Crippen LogP contribution in [0.15, 0.2) is 84.4 Å². The van der Waals surface area contributed by atoms with Crippen LogP contribution in [0.2, 0.25) is 5.02 Å². The molecule has 0 radical (unpaired) electrons. The predicted octanol–water partition coefficient (Wildman–Crippen LogP) is 5.57. The third kappa shape index (κ3) is 5.60. The van der Waals surface area contributed by atoms with E-state index in [4.69, 9.17) is 11.6 Å². The van der Waals surface area contributed by atoms with E-state index in [9.17, 15) is 9.18 Å². The van der Waals surface area contributed by atoms with Crippen LogP contribution >= 0.6 is 11.6 Å². The number of nitrogens with zero attached hydrogens (tertiary/aromatic N) is 2. The van der Waals surface area contributed by atoms with E-state index in [-0.39, 0.29) is 11.6 Å². The zero-order valence-electron chi connectivity index (χ0n) is 17.2. The molecule has 31 heavy (non-hydrogen) atoms. The number of rotatable bonds is 6. The number of hydrogen-bond acceptors (Lipinski definition) is 3. The van der Waals surface area contributed by atoms with Crippen LogP contribution in [0.3, 0.4) is 0 Å². The summed E-state index contributed by atoms with van der Waals surface area (Å²) in [5.74, 6) is -0.185. The Morgan fingerprint density at radius 2 is 1.52 bits per heavy atom. The first-order chi connectivity index (χ1) is 15.1. The molecule has 1 saturated heterocycles. The number of carbonyl (C=O) groups excluding carboxylic acids is 1. The van der Waals surface area contributed by atoms with E-state index in [0.29, 0.717) is 17.1 Å². The van der Waals surface area contributed by atoms with Gasteiger partial charge < -0.3 is 4.90 Å². The Balaban J connectivity index is 1.49. The molecule has 4 rings (SSSR count). The molecule has 0 spiro atoms. The topological polar surface area (TPSA) is 23.6 Å². The highest BCUT2D eigenvalue weighted by Gasteiger charge is 2.21. The van der Waals surface area contributed by atoms with Crippen molar-refractivity contribution in [3.05, 3.63) is 106 Å². The van der Waals surface area contributed by atoms with Gasteiger partial charge in [-0.3, -0.25) is 9.69 Å². The fraction of sp³-hybridized carbons (Fsp3) is 0.192. The fourth-order valence-electron chi connectivity index (χ4n) is 3.78. The van der Waals surface area contributed by atoms with Crippen LogP contribution in [0.25, 0.3) is 6.08 Å². The first-order valence-corrected chi connectivity index (χ1v) is 10.7. The molecule has 1 aliphatic rings. The molecule has 0 unspecified atom stereocenters. The molecule has 0 atom stereocenters. The highest BCUT2D eigenvalue weighted by molar-refractivity contribution is 6.30. The highest BCUT2D eigenvalue weighted by Crippen LogP contribution is 2.20. The van der Waals surface area contributed by atoms with Crippen LogP contribution in [-0.2, 0) is 0 Å². The van der Waals surface area contributed by atoms with Gasteiger partial charge in [-0.2, -0.15) is 0 Å². The van der Waals surface area contributed by atoms with Crippen molar-refractivity contribution in [1.29, 1.82) is 0 Å². The number of piperazine rings is 1. The summed E-state index contributed by atoms with van der Waals surface area (Å²) in [4.78, 5) is 17.8. The lowest BCUT2D eigenvalue weighted by Gasteiger charge is -2.36. The number of hydrogen-bond donors (Lipinski definition) is 0. The molecule has 0 amide bonds. The molecule has 1 heterocycles. The number of halogens is 2. The Kier molecular flexibility index (Phi) is 6.80. The summed E-state index contributed by atoms with van der Waals surface area (Å²) in [5.41, 5.74) is 3.42. The van der Waals surface area contributed by atoms with Gasteiger partial charge in [-0.25, -0.2) is 4.39 Å². The maximum Gasteiger partial charge on any atom is 0.190 e. The lowest BCUT2D eigenvalue weighted by atomic mass is 10.00. The molecule has 5 heteroatoms. The lowest BCUT2D eigenvalue weighted by Crippen LogP contribution is -2.47. The van der Waals surface area contributed by atoms with E-state index in [2.05, 4.69) is 9.80 Å². The molecule has 158 valence electrons. The van der Waals surface area contributed by atoms with Crippen molar-refractivity contribution in [2.75, 3.05) is 37.6 Å². The summed E-state index contributed by atoms with van der Waals surface area (Å²) < 4.78 is 13.2. The molecule has 1 aliphatic heterocycles. The highest BCUT2D eigenvalue weighted by atomic mass is 35.5. The molecule has 1 fully saturated rings. The van der Waals surface area contributed by atoms with Crippen LogP contribution in [-0.4, -0.2) is 43.4 Å². The summed E-state index contributed by atoms with van der Waals surface area (Å²) in [6.07, 6.45) is 1.96. The van der Waals surface area contributed by atoms with E-state index >= 15 is 0 Å². The summed E-state index contributed by atoms with van der Waals surface area (Å²) in [6.45, 7) is 3.90. The smallest absolute Gasteiger partial charge is 0.190 e. The molecule has 3 nitrogen and oxygen atoms in total. The van der Waals surface area contributed by atoms with Crippen LogP contribution in [0.4, 0.5) is 10.1 Å². The van der Waals surface area contributed by atoms with E-state index in [1.165, 1.54) is 12.1 Å². The summed E-state index contributed by atoms with van der Waals surface area (Å²) in [6, 6.07) is 23.5. The summed E-state index contributed by atoms with van der Waals surface area (Å²) >= 11 is 6.01. The first kappa shape index (κ1) is 21.3. The Morgan fingerprint density at radius 1 is 0.871 bits per heavy atom. The van der Waals surface area contributed by atoms with Crippen molar-refractivity contribution >= 4 is 29.1 Å². The van der Waals surface area contributed by atoms with Gasteiger partial charge in [0.2, 0.25) is 0 Å². The van der Waals surface area contributed by atoms with Gasteiger partial charge in [0.05, 0.1) is 0 Å². The largest absolute Gasteiger partial charge is 0.369 e. The van der Waals surface area contributed by atoms with E-state index in [1.807, 2.05) is 72.8 Å². The second kappa shape index (κ2) is 9.90. The van der Waals surface area contributed by atoms with Gasteiger partial charge in [-0.05, 0) is 48.0 Å². The van der Waals surface area contributed by atoms with Crippen molar-refractivity contribution in [2.24, 2.45) is 0 Å². The minimum atomic E-state index is -0.223. The number of anilines is 1. The molecular weight excluding hydrogens is 411 g/mol. The average molecular weight is 435 g/mol. The molecular formula is C26H24ClFN2O. The predicted molar refractivity (Wildman–Crippen MR) is 125 cm³/mol. The standard InChI is InChI=1S/C26H24ClFN2O/c27-23-8-6-20(7-9-23)18-22(26(31)21-4-2-1-3-5-21)19-29-14-16-30(17-15-29)25-12-10-24(28)11-13-25/h1-13,18H,14-17,19H2/b22-18+. The minimum absolute atomic E-state index is 0.0384. The number of carbonyl (C=O) groups is 1. The third-order valence-corrected chi connectivity index (χ3v) is 5.75. The number of benzene rings is 3. The second-order valence-corrected chi connectivity index (χ2v) is 8.09. The molecule has 0 bridgehead atoms. The van der Waals surface area contributed by atoms with Crippen LogP contribution < -0.4 is 4.90 Å². The zero-order valence-corrected chi connectivity index (χ0v) is 17.9. The third-order valence-electron chi connectivity index (χ3n) is 5.50. The maximum atomic E-state index is 13.2. The van der Waals surface area contributed by atoms with Crippen molar-refractivity contribution in [1.82, 2.24) is 4.90 Å². The first-order valence-electron chi connectivity index (χ1n) is 10.4. The van der Waals surface area contributed by atoms with Crippen molar-refractivity contribution in [3.63, 3.8) is 0 Å². The van der Waals surface area contributed by atoms with Crippen LogP contribution in [0, 0.1) is 5.82 Å². The van der Waals surface area contributed by atoms with Crippen molar-refractivity contribution < 1.29 is 9.18 Å². The Bertz CT molecular complexity index is 1040. The van der Waals surface area contributed by atoms with Crippen molar-refractivity contribution in [3.8, 4) is 0 Å². The molecule has 3 aromatic rings. The van der Waals surface area contributed by atoms with Gasteiger partial charge in [0.15, 0.2) is 5.78 Å². The van der Waals surface area contributed by atoms with Gasteiger partial charge in [-0.1, -0.05) is 54.1 Å². The maximum absolute atomic E-state index is 13.2. The summed E-state index contributed by atoms with van der Waals surface area (Å²) in [7, 11) is 0. The van der Waals surface area contributed by atoms with Crippen molar-refractivity contribution in [2.45, 2.75) is 0 Å². The lowest BCUT2D eigenvalue weighted by molar-refractivity contribution is 0.102. The second-order valence-electron chi connectivity index (χ2n) is 7.66. The summed E-state index contributed by atoms with van der Waals surface area (Å²) in [5, 5.41) is 0.671. The molecule has 0 N–H and O–H groups in total. The molecule has 3 aromatic carbocycles. The number of ketones is 1. The number of Topliss-reactive ketones (excluding diaryl/α,β-unsaturated/α-hetero) is 1. The van der Waals surface area contributed by atoms with Gasteiger partial charge >= 0.3 is 0 Å². The minimum Gasteiger partial charge on any atom is -0.369 e. The monoisotopic (exact) mass is 434 g/mol. The van der Waals surface area contributed by atoms with Crippen LogP contribution in [0.5, 0.6) is 0 Å². The fourth-order valence-corrected chi connectivity index (χ4v) is 3.90. The van der Waals surface area contributed by atoms with E-state index < -0.39 is 0 Å². The Morgan fingerprint density at radius 3 is 2.16 bits per heavy atom.